The normalized spacial score (nSPS) is 25.5. The van der Waals surface area contributed by atoms with Gasteiger partial charge >= 0.3 is 5.97 Å². The van der Waals surface area contributed by atoms with E-state index >= 15 is 0 Å². The van der Waals surface area contributed by atoms with Gasteiger partial charge in [0.05, 0.1) is 12.2 Å². The van der Waals surface area contributed by atoms with Crippen molar-refractivity contribution in [1.29, 1.82) is 0 Å². The number of carboxylic acids is 1. The topological polar surface area (TPSA) is 68.0 Å². The van der Waals surface area contributed by atoms with Gasteiger partial charge in [-0.05, 0) is 25.2 Å². The molecule has 1 aromatic heterocycles. The minimum absolute atomic E-state index is 0.286. The molecule has 88 valence electrons. The van der Waals surface area contributed by atoms with Crippen LogP contribution in [0.2, 0.25) is 0 Å². The lowest BCUT2D eigenvalue weighted by Gasteiger charge is -2.28. The lowest BCUT2D eigenvalue weighted by Crippen LogP contribution is -2.20. The quantitative estimate of drug-likeness (QED) is 0.846. The number of nitrogens with zero attached hydrogens (tertiary/aromatic N) is 3. The Hall–Kier alpha value is -1.39. The van der Waals surface area contributed by atoms with Crippen molar-refractivity contribution >= 4 is 5.97 Å². The lowest BCUT2D eigenvalue weighted by molar-refractivity contribution is -0.137. The molecule has 1 N–H and O–H groups in total. The Bertz CT molecular complexity index is 337. The zero-order valence-electron chi connectivity index (χ0n) is 9.25. The Morgan fingerprint density at radius 3 is 3.06 bits per heavy atom. The number of carboxylic acid groups (broad SMARTS) is 1. The van der Waals surface area contributed by atoms with E-state index in [2.05, 4.69) is 10.3 Å². The van der Waals surface area contributed by atoms with E-state index in [1.54, 1.807) is 6.20 Å². The fraction of sp³-hybridized carbons (Fsp3) is 0.727. The SMILES string of the molecule is O=C(O)CCC1CCCC(n2ccnn2)C1. The summed E-state index contributed by atoms with van der Waals surface area (Å²) in [5.74, 6) is -0.165. The van der Waals surface area contributed by atoms with Gasteiger partial charge < -0.3 is 5.11 Å². The van der Waals surface area contributed by atoms with Crippen LogP contribution in [-0.2, 0) is 4.79 Å². The summed E-state index contributed by atoms with van der Waals surface area (Å²) in [6, 6.07) is 0.412. The average molecular weight is 223 g/mol. The zero-order chi connectivity index (χ0) is 11.4. The number of aromatic nitrogens is 3. The molecule has 1 aliphatic rings. The molecule has 1 aliphatic carbocycles. The minimum atomic E-state index is -0.692. The maximum absolute atomic E-state index is 10.5. The van der Waals surface area contributed by atoms with Crippen LogP contribution in [-0.4, -0.2) is 26.1 Å². The predicted octanol–water partition coefficient (Wildman–Crippen LogP) is 1.87. The van der Waals surface area contributed by atoms with Crippen LogP contribution in [0.1, 0.15) is 44.6 Å². The second-order valence-corrected chi connectivity index (χ2v) is 4.50. The van der Waals surface area contributed by atoms with Crippen LogP contribution in [0, 0.1) is 5.92 Å². The first-order valence-corrected chi connectivity index (χ1v) is 5.83. The minimum Gasteiger partial charge on any atom is -0.481 e. The first-order chi connectivity index (χ1) is 7.75. The summed E-state index contributed by atoms with van der Waals surface area (Å²) in [6.07, 6.45) is 9.15. The van der Waals surface area contributed by atoms with Crippen molar-refractivity contribution in [2.24, 2.45) is 5.92 Å². The molecule has 1 fully saturated rings. The van der Waals surface area contributed by atoms with Crippen LogP contribution in [0.3, 0.4) is 0 Å². The molecule has 2 atom stereocenters. The van der Waals surface area contributed by atoms with Crippen LogP contribution in [0.15, 0.2) is 12.4 Å². The zero-order valence-corrected chi connectivity index (χ0v) is 9.25. The van der Waals surface area contributed by atoms with Gasteiger partial charge in [0, 0.05) is 12.6 Å². The third kappa shape index (κ3) is 2.81. The van der Waals surface area contributed by atoms with Crippen molar-refractivity contribution in [3.05, 3.63) is 12.4 Å². The Labute approximate surface area is 94.5 Å². The van der Waals surface area contributed by atoms with Crippen LogP contribution in [0.5, 0.6) is 0 Å². The van der Waals surface area contributed by atoms with Crippen LogP contribution >= 0.6 is 0 Å². The maximum atomic E-state index is 10.5. The summed E-state index contributed by atoms with van der Waals surface area (Å²) < 4.78 is 1.91. The molecule has 0 saturated heterocycles. The second-order valence-electron chi connectivity index (χ2n) is 4.50. The molecule has 5 heteroatoms. The standard InChI is InChI=1S/C11H17N3O2/c15-11(16)5-4-9-2-1-3-10(8-9)14-7-6-12-13-14/h6-7,9-10H,1-5,8H2,(H,15,16). The summed E-state index contributed by atoms with van der Waals surface area (Å²) in [6.45, 7) is 0. The van der Waals surface area contributed by atoms with E-state index in [1.165, 1.54) is 0 Å². The highest BCUT2D eigenvalue weighted by molar-refractivity contribution is 5.66. The van der Waals surface area contributed by atoms with Gasteiger partial charge in [-0.3, -0.25) is 4.79 Å². The number of hydrogen-bond acceptors (Lipinski definition) is 3. The van der Waals surface area contributed by atoms with E-state index in [1.807, 2.05) is 10.9 Å². The molecule has 0 spiro atoms. The number of rotatable bonds is 4. The van der Waals surface area contributed by atoms with Gasteiger partial charge in [-0.15, -0.1) is 5.10 Å². The predicted molar refractivity (Wildman–Crippen MR) is 57.9 cm³/mol. The van der Waals surface area contributed by atoms with E-state index in [-0.39, 0.29) is 6.42 Å². The third-order valence-electron chi connectivity index (χ3n) is 3.34. The van der Waals surface area contributed by atoms with Gasteiger partial charge in [-0.2, -0.15) is 0 Å². The molecule has 0 radical (unpaired) electrons. The van der Waals surface area contributed by atoms with E-state index in [0.717, 1.165) is 32.1 Å². The first kappa shape index (κ1) is 11.1. The smallest absolute Gasteiger partial charge is 0.303 e. The fourth-order valence-electron chi connectivity index (χ4n) is 2.50. The fourth-order valence-corrected chi connectivity index (χ4v) is 2.50. The molecule has 0 amide bonds. The van der Waals surface area contributed by atoms with E-state index in [4.69, 9.17) is 5.11 Å². The average Bonchev–Trinajstić information content (AvgIpc) is 2.80. The molecule has 0 aliphatic heterocycles. The van der Waals surface area contributed by atoms with Crippen LogP contribution in [0.25, 0.3) is 0 Å². The molecule has 5 nitrogen and oxygen atoms in total. The molecule has 0 aromatic carbocycles. The highest BCUT2D eigenvalue weighted by Gasteiger charge is 2.23. The number of carbonyl (C=O) groups is 1. The van der Waals surface area contributed by atoms with Gasteiger partial charge in [-0.1, -0.05) is 18.1 Å². The van der Waals surface area contributed by atoms with Crippen LogP contribution < -0.4 is 0 Å². The molecular weight excluding hydrogens is 206 g/mol. The second kappa shape index (κ2) is 5.09. The molecule has 1 saturated carbocycles. The Balaban J connectivity index is 1.87. The summed E-state index contributed by atoms with van der Waals surface area (Å²) in [5.41, 5.74) is 0. The van der Waals surface area contributed by atoms with Crippen molar-refractivity contribution < 1.29 is 9.90 Å². The highest BCUT2D eigenvalue weighted by Crippen LogP contribution is 2.34. The Kier molecular flexibility index (Phi) is 3.54. The summed E-state index contributed by atoms with van der Waals surface area (Å²) >= 11 is 0. The monoisotopic (exact) mass is 223 g/mol. The van der Waals surface area contributed by atoms with Crippen molar-refractivity contribution in [3.63, 3.8) is 0 Å². The molecule has 2 unspecified atom stereocenters. The van der Waals surface area contributed by atoms with Gasteiger partial charge in [0.15, 0.2) is 0 Å². The number of hydrogen-bond donors (Lipinski definition) is 1. The van der Waals surface area contributed by atoms with Gasteiger partial charge in [-0.25, -0.2) is 4.68 Å². The highest BCUT2D eigenvalue weighted by atomic mass is 16.4. The molecular formula is C11H17N3O2. The van der Waals surface area contributed by atoms with Crippen molar-refractivity contribution in [1.82, 2.24) is 15.0 Å². The van der Waals surface area contributed by atoms with Crippen LogP contribution in [0.4, 0.5) is 0 Å². The van der Waals surface area contributed by atoms with Gasteiger partial charge in [0.25, 0.3) is 0 Å². The van der Waals surface area contributed by atoms with E-state index in [9.17, 15) is 4.79 Å². The molecule has 2 rings (SSSR count). The van der Waals surface area contributed by atoms with E-state index in [0.29, 0.717) is 12.0 Å². The molecule has 1 aromatic rings. The molecule has 16 heavy (non-hydrogen) atoms. The lowest BCUT2D eigenvalue weighted by atomic mass is 9.83. The molecule has 0 bridgehead atoms. The third-order valence-corrected chi connectivity index (χ3v) is 3.34. The summed E-state index contributed by atoms with van der Waals surface area (Å²) in [4.78, 5) is 10.5. The first-order valence-electron chi connectivity index (χ1n) is 5.83. The summed E-state index contributed by atoms with van der Waals surface area (Å²) in [7, 11) is 0. The van der Waals surface area contributed by atoms with Crippen molar-refractivity contribution in [2.45, 2.75) is 44.6 Å². The van der Waals surface area contributed by atoms with Gasteiger partial charge in [0.1, 0.15) is 0 Å². The Morgan fingerprint density at radius 1 is 1.50 bits per heavy atom. The molecule has 1 heterocycles. The van der Waals surface area contributed by atoms with E-state index < -0.39 is 5.97 Å². The summed E-state index contributed by atoms with van der Waals surface area (Å²) in [5, 5.41) is 16.5. The Morgan fingerprint density at radius 2 is 2.38 bits per heavy atom. The van der Waals surface area contributed by atoms with Crippen molar-refractivity contribution in [3.8, 4) is 0 Å². The number of aliphatic carboxylic acids is 1. The van der Waals surface area contributed by atoms with Gasteiger partial charge in [0.2, 0.25) is 0 Å². The largest absolute Gasteiger partial charge is 0.481 e. The van der Waals surface area contributed by atoms with Crippen molar-refractivity contribution in [2.75, 3.05) is 0 Å². The maximum Gasteiger partial charge on any atom is 0.303 e.